The van der Waals surface area contributed by atoms with Crippen molar-refractivity contribution in [2.75, 3.05) is 0 Å². The SMILES string of the molecule is C=O.CC.CC(C)=CCC/C(C)=C/CC/C(C)=C/CC/C(C)=C/CC/C(C)=C/CC/C(C)=C/CC/C(C)=C/CC1=C(C)C(=O)c2ccccc2C1=O. The van der Waals surface area contributed by atoms with Gasteiger partial charge in [-0.2, -0.15) is 0 Å². The molecule has 0 saturated carbocycles. The maximum Gasteiger partial charge on any atom is 0.190 e. The topological polar surface area (TPSA) is 51.2 Å². The highest BCUT2D eigenvalue weighted by atomic mass is 16.1. The molecule has 1 aromatic carbocycles. The van der Waals surface area contributed by atoms with Gasteiger partial charge in [-0.1, -0.05) is 120 Å². The zero-order valence-electron chi connectivity index (χ0n) is 35.0. The minimum absolute atomic E-state index is 0.00832. The van der Waals surface area contributed by atoms with Crippen LogP contribution in [-0.4, -0.2) is 18.4 Å². The van der Waals surface area contributed by atoms with Crippen molar-refractivity contribution in [2.45, 2.75) is 160 Å². The minimum atomic E-state index is -0.0228. The monoisotopic (exact) mass is 709 g/mol. The van der Waals surface area contributed by atoms with E-state index < -0.39 is 0 Å². The molecule has 52 heavy (non-hydrogen) atoms. The van der Waals surface area contributed by atoms with Crippen LogP contribution in [0.1, 0.15) is 180 Å². The Bertz CT molecular complexity index is 1510. The van der Waals surface area contributed by atoms with Crippen molar-refractivity contribution >= 4 is 18.4 Å². The molecular weight excluding hydrogens is 637 g/mol. The standard InChI is InChI=1S/C46H64O2.C2H6.CH2O/c1-34(2)18-12-19-35(3)20-13-21-36(4)22-14-23-37(5)24-15-25-38(6)26-16-27-39(7)28-17-29-40(8)32-33-42-41(9)45(47)43-30-10-11-31-44(43)46(42)48;2*1-2/h10-11,18,20,22,24,26,28,30-32H,12-17,19,21,23,25,27,29,33H2,1-9H3;1-2H3;1H2/b35-20+,36-22+,37-24+,38-26+,39-28+,40-32+;;. The largest absolute Gasteiger partial charge is 0.307 e. The summed E-state index contributed by atoms with van der Waals surface area (Å²) < 4.78 is 0. The summed E-state index contributed by atoms with van der Waals surface area (Å²) >= 11 is 0. The molecule has 0 saturated heterocycles. The van der Waals surface area contributed by atoms with E-state index in [9.17, 15) is 9.59 Å². The second-order valence-corrected chi connectivity index (χ2v) is 14.3. The molecule has 0 fully saturated rings. The highest BCUT2D eigenvalue weighted by Crippen LogP contribution is 2.28. The molecule has 0 amide bonds. The number of carbonyl (C=O) groups is 3. The second kappa shape index (κ2) is 28.7. The van der Waals surface area contributed by atoms with Gasteiger partial charge in [0.05, 0.1) is 0 Å². The average molecular weight is 709 g/mol. The van der Waals surface area contributed by atoms with Crippen LogP contribution in [0.3, 0.4) is 0 Å². The normalized spacial score (nSPS) is 14.4. The third-order valence-corrected chi connectivity index (χ3v) is 9.39. The molecule has 1 aliphatic rings. The van der Waals surface area contributed by atoms with Crippen LogP contribution in [0.5, 0.6) is 0 Å². The maximum absolute atomic E-state index is 13.0. The summed E-state index contributed by atoms with van der Waals surface area (Å²) in [7, 11) is 0. The van der Waals surface area contributed by atoms with E-state index in [1.165, 1.54) is 51.9 Å². The third-order valence-electron chi connectivity index (χ3n) is 9.39. The molecule has 0 spiro atoms. The molecule has 2 rings (SSSR count). The van der Waals surface area contributed by atoms with E-state index in [1.807, 2.05) is 32.8 Å². The van der Waals surface area contributed by atoms with Gasteiger partial charge in [0.25, 0.3) is 0 Å². The first-order valence-corrected chi connectivity index (χ1v) is 19.6. The zero-order chi connectivity index (χ0) is 39.5. The second-order valence-electron chi connectivity index (χ2n) is 14.3. The fourth-order valence-electron chi connectivity index (χ4n) is 6.01. The summed E-state index contributed by atoms with van der Waals surface area (Å²) in [5.41, 5.74) is 12.4. The summed E-state index contributed by atoms with van der Waals surface area (Å²) in [4.78, 5) is 33.7. The number of carbonyl (C=O) groups excluding carboxylic acids is 3. The predicted molar refractivity (Wildman–Crippen MR) is 228 cm³/mol. The molecule has 3 heteroatoms. The van der Waals surface area contributed by atoms with Gasteiger partial charge >= 0.3 is 0 Å². The first-order valence-electron chi connectivity index (χ1n) is 19.6. The van der Waals surface area contributed by atoms with Gasteiger partial charge in [-0.05, 0) is 146 Å². The Morgan fingerprint density at radius 1 is 0.481 bits per heavy atom. The quantitative estimate of drug-likeness (QED) is 0.127. The molecule has 0 N–H and O–H groups in total. The van der Waals surface area contributed by atoms with Crippen molar-refractivity contribution in [1.29, 1.82) is 0 Å². The van der Waals surface area contributed by atoms with Crippen LogP contribution in [0.2, 0.25) is 0 Å². The van der Waals surface area contributed by atoms with Crippen molar-refractivity contribution < 1.29 is 14.4 Å². The van der Waals surface area contributed by atoms with Crippen molar-refractivity contribution in [1.82, 2.24) is 0 Å². The van der Waals surface area contributed by atoms with E-state index in [-0.39, 0.29) is 11.6 Å². The van der Waals surface area contributed by atoms with Gasteiger partial charge in [-0.3, -0.25) is 9.59 Å². The fourth-order valence-corrected chi connectivity index (χ4v) is 6.01. The van der Waals surface area contributed by atoms with Crippen LogP contribution >= 0.6 is 0 Å². The van der Waals surface area contributed by atoms with Crippen LogP contribution < -0.4 is 0 Å². The van der Waals surface area contributed by atoms with E-state index in [0.717, 1.165) is 64.2 Å². The van der Waals surface area contributed by atoms with E-state index in [2.05, 4.69) is 97.9 Å². The Labute approximate surface area is 319 Å². The van der Waals surface area contributed by atoms with Crippen molar-refractivity contribution in [2.24, 2.45) is 0 Å². The molecule has 0 bridgehead atoms. The minimum Gasteiger partial charge on any atom is -0.307 e. The summed E-state index contributed by atoms with van der Waals surface area (Å²) in [5, 5.41) is 0. The fraction of sp³-hybridized carbons (Fsp3) is 0.490. The van der Waals surface area contributed by atoms with Gasteiger partial charge in [0, 0.05) is 22.3 Å². The number of ketones is 2. The molecule has 0 atom stereocenters. The smallest absolute Gasteiger partial charge is 0.190 e. The number of rotatable bonds is 20. The highest BCUT2D eigenvalue weighted by Gasteiger charge is 2.28. The van der Waals surface area contributed by atoms with Gasteiger partial charge in [-0.15, -0.1) is 0 Å². The number of Topliss-reactive ketones (excluding diaryl/α,β-unsaturated/α-hetero) is 2. The van der Waals surface area contributed by atoms with Gasteiger partial charge in [0.15, 0.2) is 11.6 Å². The first-order chi connectivity index (χ1) is 24.9. The first kappa shape index (κ1) is 48.1. The van der Waals surface area contributed by atoms with Gasteiger partial charge in [0.2, 0.25) is 0 Å². The lowest BCUT2D eigenvalue weighted by Gasteiger charge is -2.18. The average Bonchev–Trinajstić information content (AvgIpc) is 3.12. The molecule has 1 aliphatic carbocycles. The van der Waals surface area contributed by atoms with E-state index in [4.69, 9.17) is 4.79 Å². The van der Waals surface area contributed by atoms with Crippen molar-refractivity contribution in [3.63, 3.8) is 0 Å². The summed E-state index contributed by atoms with van der Waals surface area (Å²) in [6.07, 6.45) is 30.4. The summed E-state index contributed by atoms with van der Waals surface area (Å²) in [5.74, 6) is -0.0311. The van der Waals surface area contributed by atoms with E-state index in [1.54, 1.807) is 19.1 Å². The molecular formula is C49H72O3. The van der Waals surface area contributed by atoms with Crippen LogP contribution in [-0.2, 0) is 4.79 Å². The molecule has 0 heterocycles. The Morgan fingerprint density at radius 3 is 1.10 bits per heavy atom. The van der Waals surface area contributed by atoms with Crippen LogP contribution in [0.4, 0.5) is 0 Å². The Kier molecular flexibility index (Phi) is 26.6. The van der Waals surface area contributed by atoms with Crippen molar-refractivity contribution in [3.8, 4) is 0 Å². The van der Waals surface area contributed by atoms with Crippen molar-refractivity contribution in [3.05, 3.63) is 128 Å². The number of hydrogen-bond donors (Lipinski definition) is 0. The number of hydrogen-bond acceptors (Lipinski definition) is 3. The van der Waals surface area contributed by atoms with Crippen LogP contribution in [0, 0.1) is 0 Å². The molecule has 0 unspecified atom stereocenters. The van der Waals surface area contributed by atoms with Crippen LogP contribution in [0.25, 0.3) is 0 Å². The van der Waals surface area contributed by atoms with Gasteiger partial charge in [0.1, 0.15) is 6.79 Å². The number of benzene rings is 1. The Hall–Kier alpha value is -3.85. The Morgan fingerprint density at radius 2 is 0.769 bits per heavy atom. The van der Waals surface area contributed by atoms with Gasteiger partial charge < -0.3 is 4.79 Å². The van der Waals surface area contributed by atoms with Gasteiger partial charge in [-0.25, -0.2) is 0 Å². The lowest BCUT2D eigenvalue weighted by Crippen LogP contribution is -2.20. The number of allylic oxidation sites excluding steroid dienone is 16. The maximum atomic E-state index is 13.0. The summed E-state index contributed by atoms with van der Waals surface area (Å²) in [6, 6.07) is 7.15. The van der Waals surface area contributed by atoms with E-state index >= 15 is 0 Å². The zero-order valence-corrected chi connectivity index (χ0v) is 35.0. The van der Waals surface area contributed by atoms with Crippen LogP contribution in [0.15, 0.2) is 117 Å². The molecule has 0 aliphatic heterocycles. The number of fused-ring (bicyclic) bond motifs is 1. The molecule has 0 aromatic heterocycles. The third kappa shape index (κ3) is 20.3. The molecule has 3 nitrogen and oxygen atoms in total. The summed E-state index contributed by atoms with van der Waals surface area (Å²) in [6.45, 7) is 25.6. The Balaban J connectivity index is 0.00000627. The molecule has 286 valence electrons. The lowest BCUT2D eigenvalue weighted by atomic mass is 9.83. The molecule has 1 aromatic rings. The lowest BCUT2D eigenvalue weighted by molar-refractivity contribution is -0.0980. The predicted octanol–water partition coefficient (Wildman–Crippen LogP) is 14.9. The highest BCUT2D eigenvalue weighted by molar-refractivity contribution is 6.26. The molecule has 0 radical (unpaired) electrons. The van der Waals surface area contributed by atoms with E-state index in [0.29, 0.717) is 28.7 Å².